The van der Waals surface area contributed by atoms with Crippen LogP contribution in [0.1, 0.15) is 12.5 Å². The number of ether oxygens (including phenoxy) is 2. The Bertz CT molecular complexity index is 521. The summed E-state index contributed by atoms with van der Waals surface area (Å²) in [6, 6.07) is 13.4. The molecule has 0 atom stereocenters. The molecule has 0 aliphatic carbocycles. The molecule has 0 amide bonds. The van der Waals surface area contributed by atoms with Gasteiger partial charge in [-0.2, -0.15) is 0 Å². The first-order chi connectivity index (χ1) is 8.71. The fraction of sp³-hybridized carbons (Fsp3) is 0.200. The summed E-state index contributed by atoms with van der Waals surface area (Å²) in [4.78, 5) is 0. The van der Waals surface area contributed by atoms with Gasteiger partial charge in [0.05, 0.1) is 7.11 Å². The predicted octanol–water partition coefficient (Wildman–Crippen LogP) is 3.63. The van der Waals surface area contributed by atoms with Gasteiger partial charge in [0.15, 0.2) is 0 Å². The summed E-state index contributed by atoms with van der Waals surface area (Å²) in [6.07, 6.45) is 1.02. The summed E-state index contributed by atoms with van der Waals surface area (Å²) in [5.41, 5.74) is 7.68. The van der Waals surface area contributed by atoms with E-state index in [1.54, 1.807) is 19.2 Å². The molecule has 0 aliphatic rings. The van der Waals surface area contributed by atoms with E-state index in [0.717, 1.165) is 12.2 Å². The Morgan fingerprint density at radius 1 is 0.944 bits per heavy atom. The smallest absolute Gasteiger partial charge is 0.133 e. The molecular weight excluding hydrogens is 226 g/mol. The van der Waals surface area contributed by atoms with E-state index in [4.69, 9.17) is 15.2 Å². The molecule has 3 heteroatoms. The maximum absolute atomic E-state index is 5.77. The van der Waals surface area contributed by atoms with Crippen LogP contribution in [0.3, 0.4) is 0 Å². The molecule has 2 N–H and O–H groups in total. The van der Waals surface area contributed by atoms with Crippen LogP contribution in [0.25, 0.3) is 0 Å². The first-order valence-corrected chi connectivity index (χ1v) is 5.92. The Morgan fingerprint density at radius 2 is 1.61 bits per heavy atom. The molecule has 2 rings (SSSR count). The van der Waals surface area contributed by atoms with Gasteiger partial charge in [0, 0.05) is 23.9 Å². The van der Waals surface area contributed by atoms with Crippen LogP contribution in [-0.4, -0.2) is 7.11 Å². The quantitative estimate of drug-likeness (QED) is 0.834. The van der Waals surface area contributed by atoms with Gasteiger partial charge in [0.25, 0.3) is 0 Å². The zero-order chi connectivity index (χ0) is 13.0. The SMILES string of the molecule is CCc1ccc(Oc2cc(N)cc(OC)c2)cc1. The minimum atomic E-state index is 0.620. The van der Waals surface area contributed by atoms with Crippen molar-refractivity contribution < 1.29 is 9.47 Å². The van der Waals surface area contributed by atoms with Crippen LogP contribution in [-0.2, 0) is 6.42 Å². The highest BCUT2D eigenvalue weighted by Gasteiger charge is 2.02. The summed E-state index contributed by atoms with van der Waals surface area (Å²) < 4.78 is 10.9. The second-order valence-electron chi connectivity index (χ2n) is 4.04. The van der Waals surface area contributed by atoms with Crippen LogP contribution in [0.2, 0.25) is 0 Å². The lowest BCUT2D eigenvalue weighted by Crippen LogP contribution is -1.91. The van der Waals surface area contributed by atoms with E-state index >= 15 is 0 Å². The van der Waals surface area contributed by atoms with Gasteiger partial charge in [0.1, 0.15) is 17.2 Å². The van der Waals surface area contributed by atoms with Crippen molar-refractivity contribution in [3.63, 3.8) is 0 Å². The summed E-state index contributed by atoms with van der Waals surface area (Å²) in [5.74, 6) is 2.16. The van der Waals surface area contributed by atoms with Crippen molar-refractivity contribution in [1.82, 2.24) is 0 Å². The molecule has 0 saturated heterocycles. The minimum Gasteiger partial charge on any atom is -0.497 e. The van der Waals surface area contributed by atoms with E-state index in [1.807, 2.05) is 18.2 Å². The van der Waals surface area contributed by atoms with E-state index in [2.05, 4.69) is 19.1 Å². The van der Waals surface area contributed by atoms with Gasteiger partial charge in [-0.3, -0.25) is 0 Å². The molecule has 0 spiro atoms. The molecule has 0 aliphatic heterocycles. The molecule has 0 unspecified atom stereocenters. The number of hydrogen-bond acceptors (Lipinski definition) is 3. The highest BCUT2D eigenvalue weighted by molar-refractivity contribution is 5.51. The van der Waals surface area contributed by atoms with Crippen LogP contribution in [0.5, 0.6) is 17.2 Å². The first kappa shape index (κ1) is 12.3. The fourth-order valence-corrected chi connectivity index (χ4v) is 1.70. The lowest BCUT2D eigenvalue weighted by atomic mass is 10.2. The average molecular weight is 243 g/mol. The molecule has 0 heterocycles. The third-order valence-corrected chi connectivity index (χ3v) is 2.71. The summed E-state index contributed by atoms with van der Waals surface area (Å²) in [5, 5.41) is 0. The Balaban J connectivity index is 2.19. The highest BCUT2D eigenvalue weighted by atomic mass is 16.5. The molecule has 2 aromatic carbocycles. The van der Waals surface area contributed by atoms with Crippen LogP contribution < -0.4 is 15.2 Å². The van der Waals surface area contributed by atoms with E-state index in [-0.39, 0.29) is 0 Å². The minimum absolute atomic E-state index is 0.620. The van der Waals surface area contributed by atoms with Crippen molar-refractivity contribution in [2.45, 2.75) is 13.3 Å². The normalized spacial score (nSPS) is 10.1. The van der Waals surface area contributed by atoms with Gasteiger partial charge < -0.3 is 15.2 Å². The molecule has 0 radical (unpaired) electrons. The number of anilines is 1. The third-order valence-electron chi connectivity index (χ3n) is 2.71. The van der Waals surface area contributed by atoms with Crippen LogP contribution in [0.4, 0.5) is 5.69 Å². The molecule has 94 valence electrons. The van der Waals surface area contributed by atoms with Crippen molar-refractivity contribution in [2.24, 2.45) is 0 Å². The Labute approximate surface area is 107 Å². The second kappa shape index (κ2) is 5.45. The standard InChI is InChI=1S/C15H17NO2/c1-3-11-4-6-13(7-5-11)18-15-9-12(16)8-14(10-15)17-2/h4-10H,3,16H2,1-2H3. The number of nitrogens with two attached hydrogens (primary N) is 1. The molecular formula is C15H17NO2. The summed E-state index contributed by atoms with van der Waals surface area (Å²) in [7, 11) is 1.61. The number of benzene rings is 2. The van der Waals surface area contributed by atoms with Gasteiger partial charge in [-0.25, -0.2) is 0 Å². The summed E-state index contributed by atoms with van der Waals surface area (Å²) in [6.45, 7) is 2.12. The van der Waals surface area contributed by atoms with E-state index in [0.29, 0.717) is 17.2 Å². The molecule has 2 aromatic rings. The molecule has 18 heavy (non-hydrogen) atoms. The molecule has 3 nitrogen and oxygen atoms in total. The molecule has 0 saturated carbocycles. The Hall–Kier alpha value is -2.16. The van der Waals surface area contributed by atoms with Crippen molar-refractivity contribution >= 4 is 5.69 Å². The predicted molar refractivity (Wildman–Crippen MR) is 73.3 cm³/mol. The average Bonchev–Trinajstić information content (AvgIpc) is 2.39. The number of aryl methyl sites for hydroxylation is 1. The zero-order valence-corrected chi connectivity index (χ0v) is 10.6. The zero-order valence-electron chi connectivity index (χ0n) is 10.6. The largest absolute Gasteiger partial charge is 0.497 e. The molecule has 0 aromatic heterocycles. The molecule has 0 bridgehead atoms. The van der Waals surface area contributed by atoms with E-state index < -0.39 is 0 Å². The van der Waals surface area contributed by atoms with Crippen molar-refractivity contribution in [3.8, 4) is 17.2 Å². The highest BCUT2D eigenvalue weighted by Crippen LogP contribution is 2.28. The van der Waals surface area contributed by atoms with Gasteiger partial charge in [-0.05, 0) is 24.1 Å². The van der Waals surface area contributed by atoms with Gasteiger partial charge in [-0.1, -0.05) is 19.1 Å². The molecule has 0 fully saturated rings. The maximum Gasteiger partial charge on any atom is 0.133 e. The second-order valence-corrected chi connectivity index (χ2v) is 4.04. The van der Waals surface area contributed by atoms with Crippen LogP contribution in [0, 0.1) is 0 Å². The van der Waals surface area contributed by atoms with Crippen molar-refractivity contribution in [1.29, 1.82) is 0 Å². The topological polar surface area (TPSA) is 44.5 Å². The maximum atomic E-state index is 5.77. The third kappa shape index (κ3) is 2.94. The van der Waals surface area contributed by atoms with Crippen molar-refractivity contribution in [3.05, 3.63) is 48.0 Å². The number of methoxy groups -OCH3 is 1. The van der Waals surface area contributed by atoms with E-state index in [1.165, 1.54) is 5.56 Å². The number of rotatable bonds is 4. The number of nitrogen functional groups attached to an aromatic ring is 1. The van der Waals surface area contributed by atoms with Gasteiger partial charge in [-0.15, -0.1) is 0 Å². The Morgan fingerprint density at radius 3 is 2.22 bits per heavy atom. The van der Waals surface area contributed by atoms with E-state index in [9.17, 15) is 0 Å². The lowest BCUT2D eigenvalue weighted by Gasteiger charge is -2.09. The number of hydrogen-bond donors (Lipinski definition) is 1. The van der Waals surface area contributed by atoms with Crippen molar-refractivity contribution in [2.75, 3.05) is 12.8 Å². The monoisotopic (exact) mass is 243 g/mol. The van der Waals surface area contributed by atoms with Crippen LogP contribution in [0.15, 0.2) is 42.5 Å². The van der Waals surface area contributed by atoms with Gasteiger partial charge >= 0.3 is 0 Å². The summed E-state index contributed by atoms with van der Waals surface area (Å²) >= 11 is 0. The first-order valence-electron chi connectivity index (χ1n) is 5.92. The fourth-order valence-electron chi connectivity index (χ4n) is 1.70. The van der Waals surface area contributed by atoms with Gasteiger partial charge in [0.2, 0.25) is 0 Å². The lowest BCUT2D eigenvalue weighted by molar-refractivity contribution is 0.409. The van der Waals surface area contributed by atoms with Crippen LogP contribution >= 0.6 is 0 Å². The Kier molecular flexibility index (Phi) is 3.72.